The van der Waals surface area contributed by atoms with Gasteiger partial charge in [0.2, 0.25) is 0 Å². The van der Waals surface area contributed by atoms with E-state index in [0.29, 0.717) is 17.0 Å². The Bertz CT molecular complexity index is 413. The number of hydrogen-bond donors (Lipinski definition) is 1. The van der Waals surface area contributed by atoms with Gasteiger partial charge in [-0.1, -0.05) is 17.7 Å². The SMILES string of the molecule is NC(Cc1c(F)cccc1Cl)C1=COCCC1. The summed E-state index contributed by atoms with van der Waals surface area (Å²) in [6, 6.07) is 4.44. The van der Waals surface area contributed by atoms with Crippen LogP contribution in [0.3, 0.4) is 0 Å². The van der Waals surface area contributed by atoms with E-state index in [9.17, 15) is 4.39 Å². The topological polar surface area (TPSA) is 35.2 Å². The lowest BCUT2D eigenvalue weighted by Gasteiger charge is -2.20. The normalized spacial score (nSPS) is 17.2. The van der Waals surface area contributed by atoms with Crippen molar-refractivity contribution in [2.45, 2.75) is 25.3 Å². The van der Waals surface area contributed by atoms with E-state index < -0.39 is 0 Å². The first-order valence-corrected chi connectivity index (χ1v) is 6.05. The fraction of sp³-hybridized carbons (Fsp3) is 0.385. The van der Waals surface area contributed by atoms with E-state index in [1.54, 1.807) is 18.4 Å². The van der Waals surface area contributed by atoms with Crippen molar-refractivity contribution in [3.05, 3.63) is 46.4 Å². The van der Waals surface area contributed by atoms with Gasteiger partial charge in [0.15, 0.2) is 0 Å². The van der Waals surface area contributed by atoms with Crippen molar-refractivity contribution in [1.82, 2.24) is 0 Å². The molecule has 1 atom stereocenters. The van der Waals surface area contributed by atoms with Crippen LogP contribution in [0.1, 0.15) is 18.4 Å². The van der Waals surface area contributed by atoms with Gasteiger partial charge >= 0.3 is 0 Å². The highest BCUT2D eigenvalue weighted by Crippen LogP contribution is 2.23. The van der Waals surface area contributed by atoms with Crippen molar-refractivity contribution in [3.8, 4) is 0 Å². The van der Waals surface area contributed by atoms with E-state index in [1.165, 1.54) is 6.07 Å². The summed E-state index contributed by atoms with van der Waals surface area (Å²) in [5, 5.41) is 0.428. The molecule has 0 bridgehead atoms. The van der Waals surface area contributed by atoms with Crippen LogP contribution < -0.4 is 5.73 Å². The highest BCUT2D eigenvalue weighted by molar-refractivity contribution is 6.31. The summed E-state index contributed by atoms with van der Waals surface area (Å²) in [6.07, 6.45) is 3.97. The first-order chi connectivity index (χ1) is 8.18. The van der Waals surface area contributed by atoms with Gasteiger partial charge in [0.25, 0.3) is 0 Å². The molecule has 1 aromatic rings. The maximum atomic E-state index is 13.6. The minimum atomic E-state index is -0.301. The predicted octanol–water partition coefficient (Wildman–Crippen LogP) is 3.04. The van der Waals surface area contributed by atoms with Gasteiger partial charge in [-0.25, -0.2) is 4.39 Å². The van der Waals surface area contributed by atoms with Gasteiger partial charge in [-0.3, -0.25) is 0 Å². The Labute approximate surface area is 105 Å². The standard InChI is InChI=1S/C13H15ClFNO/c14-11-4-1-5-12(15)10(11)7-13(16)9-3-2-6-17-8-9/h1,4-5,8,13H,2-3,6-7,16H2. The Morgan fingerprint density at radius 2 is 2.29 bits per heavy atom. The van der Waals surface area contributed by atoms with E-state index in [2.05, 4.69) is 0 Å². The van der Waals surface area contributed by atoms with Gasteiger partial charge in [0.05, 0.1) is 12.9 Å². The van der Waals surface area contributed by atoms with Crippen LogP contribution in [-0.2, 0) is 11.2 Å². The lowest BCUT2D eigenvalue weighted by Crippen LogP contribution is -2.27. The minimum absolute atomic E-state index is 0.232. The smallest absolute Gasteiger partial charge is 0.127 e. The zero-order valence-corrected chi connectivity index (χ0v) is 10.2. The molecule has 1 aliphatic rings. The van der Waals surface area contributed by atoms with Crippen LogP contribution in [0.15, 0.2) is 30.0 Å². The number of halogens is 2. The zero-order chi connectivity index (χ0) is 12.3. The molecule has 1 aliphatic heterocycles. The van der Waals surface area contributed by atoms with Crippen LogP contribution in [0.4, 0.5) is 4.39 Å². The largest absolute Gasteiger partial charge is 0.501 e. The molecule has 0 fully saturated rings. The Morgan fingerprint density at radius 1 is 1.47 bits per heavy atom. The average molecular weight is 256 g/mol. The summed E-state index contributed by atoms with van der Waals surface area (Å²) < 4.78 is 18.8. The van der Waals surface area contributed by atoms with Gasteiger partial charge in [-0.15, -0.1) is 0 Å². The third-order valence-electron chi connectivity index (χ3n) is 2.92. The minimum Gasteiger partial charge on any atom is -0.501 e. The Kier molecular flexibility index (Phi) is 4.02. The number of ether oxygens (including phenoxy) is 1. The molecule has 1 heterocycles. The molecule has 0 saturated heterocycles. The van der Waals surface area contributed by atoms with Crippen LogP contribution in [0.2, 0.25) is 5.02 Å². The van der Waals surface area contributed by atoms with E-state index in [0.717, 1.165) is 25.0 Å². The Morgan fingerprint density at radius 3 is 2.94 bits per heavy atom. The maximum absolute atomic E-state index is 13.6. The molecular formula is C13H15ClFNO. The van der Waals surface area contributed by atoms with Crippen molar-refractivity contribution in [2.24, 2.45) is 5.73 Å². The summed E-state index contributed by atoms with van der Waals surface area (Å²) in [7, 11) is 0. The molecule has 0 spiro atoms. The number of benzene rings is 1. The van der Waals surface area contributed by atoms with Crippen molar-refractivity contribution in [1.29, 1.82) is 0 Å². The molecular weight excluding hydrogens is 241 g/mol. The summed E-state index contributed by atoms with van der Waals surface area (Å²) in [4.78, 5) is 0. The number of nitrogens with two attached hydrogens (primary N) is 1. The third kappa shape index (κ3) is 2.99. The zero-order valence-electron chi connectivity index (χ0n) is 9.46. The molecule has 4 heteroatoms. The quantitative estimate of drug-likeness (QED) is 0.901. The maximum Gasteiger partial charge on any atom is 0.127 e. The van der Waals surface area contributed by atoms with Gasteiger partial charge in [0.1, 0.15) is 5.82 Å². The molecule has 0 saturated carbocycles. The van der Waals surface area contributed by atoms with Crippen molar-refractivity contribution < 1.29 is 9.13 Å². The summed E-state index contributed by atoms with van der Waals surface area (Å²) in [5.41, 5.74) is 7.55. The molecule has 0 radical (unpaired) electrons. The first kappa shape index (κ1) is 12.4. The van der Waals surface area contributed by atoms with Gasteiger partial charge in [-0.05, 0) is 37.0 Å². The lowest BCUT2D eigenvalue weighted by molar-refractivity contribution is 0.221. The molecule has 1 aromatic carbocycles. The molecule has 0 aliphatic carbocycles. The fourth-order valence-electron chi connectivity index (χ4n) is 1.94. The van der Waals surface area contributed by atoms with Crippen LogP contribution in [0.5, 0.6) is 0 Å². The molecule has 17 heavy (non-hydrogen) atoms. The third-order valence-corrected chi connectivity index (χ3v) is 3.28. The van der Waals surface area contributed by atoms with Gasteiger partial charge in [0, 0.05) is 16.6 Å². The molecule has 92 valence electrons. The van der Waals surface area contributed by atoms with Crippen LogP contribution in [-0.4, -0.2) is 12.6 Å². The molecule has 0 amide bonds. The summed E-state index contributed by atoms with van der Waals surface area (Å²) in [5.74, 6) is -0.301. The fourth-order valence-corrected chi connectivity index (χ4v) is 2.18. The Hall–Kier alpha value is -1.06. The molecule has 2 N–H and O–H groups in total. The monoisotopic (exact) mass is 255 g/mol. The Balaban J connectivity index is 2.12. The van der Waals surface area contributed by atoms with Crippen LogP contribution in [0.25, 0.3) is 0 Å². The highest BCUT2D eigenvalue weighted by Gasteiger charge is 2.17. The van der Waals surface area contributed by atoms with Crippen molar-refractivity contribution >= 4 is 11.6 Å². The highest BCUT2D eigenvalue weighted by atomic mass is 35.5. The van der Waals surface area contributed by atoms with E-state index >= 15 is 0 Å². The number of hydrogen-bond acceptors (Lipinski definition) is 2. The second-order valence-electron chi connectivity index (χ2n) is 4.18. The number of rotatable bonds is 3. The van der Waals surface area contributed by atoms with Gasteiger partial charge < -0.3 is 10.5 Å². The van der Waals surface area contributed by atoms with E-state index in [1.807, 2.05) is 0 Å². The molecule has 2 nitrogen and oxygen atoms in total. The van der Waals surface area contributed by atoms with Crippen LogP contribution in [0, 0.1) is 5.82 Å². The van der Waals surface area contributed by atoms with E-state index in [-0.39, 0.29) is 11.9 Å². The molecule has 2 rings (SSSR count). The summed E-state index contributed by atoms with van der Waals surface area (Å²) in [6.45, 7) is 0.733. The molecule has 1 unspecified atom stereocenters. The molecule has 0 aromatic heterocycles. The van der Waals surface area contributed by atoms with Crippen molar-refractivity contribution in [2.75, 3.05) is 6.61 Å². The first-order valence-electron chi connectivity index (χ1n) is 5.67. The second-order valence-corrected chi connectivity index (χ2v) is 4.59. The van der Waals surface area contributed by atoms with Crippen LogP contribution >= 0.6 is 11.6 Å². The average Bonchev–Trinajstić information content (AvgIpc) is 2.35. The second kappa shape index (κ2) is 5.52. The lowest BCUT2D eigenvalue weighted by atomic mass is 9.96. The van der Waals surface area contributed by atoms with Crippen molar-refractivity contribution in [3.63, 3.8) is 0 Å². The van der Waals surface area contributed by atoms with E-state index in [4.69, 9.17) is 22.1 Å². The predicted molar refractivity (Wildman–Crippen MR) is 66.4 cm³/mol. The van der Waals surface area contributed by atoms with Gasteiger partial charge in [-0.2, -0.15) is 0 Å². The summed E-state index contributed by atoms with van der Waals surface area (Å²) >= 11 is 5.97.